The molecule has 0 aliphatic carbocycles. The van der Waals surface area contributed by atoms with E-state index in [2.05, 4.69) is 11.4 Å². The predicted octanol–water partition coefficient (Wildman–Crippen LogP) is 2.12. The highest BCUT2D eigenvalue weighted by Crippen LogP contribution is 2.35. The summed E-state index contributed by atoms with van der Waals surface area (Å²) in [6, 6.07) is 2.15. The minimum Gasteiger partial charge on any atom is -0.372 e. The summed E-state index contributed by atoms with van der Waals surface area (Å²) in [5, 5.41) is 2.09. The van der Waals surface area contributed by atoms with E-state index in [1.165, 1.54) is 10.4 Å². The van der Waals surface area contributed by atoms with Crippen LogP contribution in [0.4, 0.5) is 0 Å². The van der Waals surface area contributed by atoms with E-state index in [0.29, 0.717) is 39.3 Å². The topological polar surface area (TPSA) is 48.0 Å². The van der Waals surface area contributed by atoms with Crippen molar-refractivity contribution in [3.63, 3.8) is 0 Å². The molecule has 0 bridgehead atoms. The molecular formula is C16H21NO4S. The molecule has 0 aromatic carbocycles. The zero-order chi connectivity index (χ0) is 15.0. The van der Waals surface area contributed by atoms with Gasteiger partial charge < -0.3 is 19.1 Å². The highest BCUT2D eigenvalue weighted by atomic mass is 32.1. The lowest BCUT2D eigenvalue weighted by atomic mass is 10.0. The number of fused-ring (bicyclic) bond motifs is 1. The molecule has 22 heavy (non-hydrogen) atoms. The van der Waals surface area contributed by atoms with Crippen LogP contribution in [0.25, 0.3) is 0 Å². The summed E-state index contributed by atoms with van der Waals surface area (Å²) < 4.78 is 17.3. The fourth-order valence-corrected chi connectivity index (χ4v) is 4.55. The van der Waals surface area contributed by atoms with Crippen molar-refractivity contribution in [1.29, 1.82) is 0 Å². The van der Waals surface area contributed by atoms with Crippen molar-refractivity contribution in [3.8, 4) is 0 Å². The van der Waals surface area contributed by atoms with Crippen LogP contribution >= 0.6 is 11.3 Å². The fraction of sp³-hybridized carbons (Fsp3) is 0.688. The largest absolute Gasteiger partial charge is 0.372 e. The Kier molecular flexibility index (Phi) is 3.94. The van der Waals surface area contributed by atoms with E-state index >= 15 is 0 Å². The van der Waals surface area contributed by atoms with Crippen LogP contribution in [-0.2, 0) is 25.4 Å². The first-order valence-corrected chi connectivity index (χ1v) is 8.87. The van der Waals surface area contributed by atoms with E-state index < -0.39 is 5.79 Å². The Hall–Kier alpha value is -0.950. The van der Waals surface area contributed by atoms with Gasteiger partial charge in [0, 0.05) is 30.8 Å². The summed E-state index contributed by atoms with van der Waals surface area (Å²) in [6.07, 6.45) is 2.89. The smallest absolute Gasteiger partial charge is 0.225 e. The average Bonchev–Trinajstić information content (AvgIpc) is 3.18. The molecule has 3 aliphatic heterocycles. The molecule has 1 spiro atoms. The van der Waals surface area contributed by atoms with Gasteiger partial charge in [-0.15, -0.1) is 11.3 Å². The van der Waals surface area contributed by atoms with Crippen molar-refractivity contribution in [2.24, 2.45) is 0 Å². The van der Waals surface area contributed by atoms with Gasteiger partial charge in [-0.3, -0.25) is 4.79 Å². The van der Waals surface area contributed by atoms with Crippen LogP contribution in [0.1, 0.15) is 35.8 Å². The molecule has 3 aliphatic rings. The number of nitrogens with zero attached hydrogens (tertiary/aromatic N) is 1. The number of thiophene rings is 1. The Bertz CT molecular complexity index is 542. The molecule has 4 heterocycles. The molecule has 120 valence electrons. The van der Waals surface area contributed by atoms with Crippen LogP contribution in [-0.4, -0.2) is 49.5 Å². The Labute approximate surface area is 134 Å². The Morgan fingerprint density at radius 2 is 2.05 bits per heavy atom. The molecule has 2 saturated heterocycles. The molecule has 1 atom stereocenters. The van der Waals surface area contributed by atoms with E-state index in [4.69, 9.17) is 14.2 Å². The third-order valence-corrected chi connectivity index (χ3v) is 5.87. The summed E-state index contributed by atoms with van der Waals surface area (Å²) in [5.41, 5.74) is 1.35. The second kappa shape index (κ2) is 5.92. The molecule has 6 heteroatoms. The Balaban J connectivity index is 1.36. The van der Waals surface area contributed by atoms with Gasteiger partial charge in [-0.05, 0) is 23.4 Å². The maximum absolute atomic E-state index is 12.6. The summed E-state index contributed by atoms with van der Waals surface area (Å²) in [7, 11) is 0. The van der Waals surface area contributed by atoms with Crippen LogP contribution < -0.4 is 0 Å². The van der Waals surface area contributed by atoms with E-state index in [9.17, 15) is 4.79 Å². The normalized spacial score (nSPS) is 27.1. The highest BCUT2D eigenvalue weighted by Gasteiger charge is 2.41. The fourth-order valence-electron chi connectivity index (χ4n) is 3.55. The van der Waals surface area contributed by atoms with Gasteiger partial charge in [0.2, 0.25) is 5.91 Å². The zero-order valence-electron chi connectivity index (χ0n) is 12.6. The van der Waals surface area contributed by atoms with E-state index in [0.717, 1.165) is 19.3 Å². The molecule has 0 saturated carbocycles. The lowest BCUT2D eigenvalue weighted by Crippen LogP contribution is -2.47. The molecular weight excluding hydrogens is 302 g/mol. The minimum absolute atomic E-state index is 0.0638. The number of carbonyl (C=O) groups is 1. The quantitative estimate of drug-likeness (QED) is 0.836. The van der Waals surface area contributed by atoms with E-state index in [1.54, 1.807) is 11.3 Å². The molecule has 2 fully saturated rings. The van der Waals surface area contributed by atoms with Crippen molar-refractivity contribution in [2.45, 2.75) is 37.6 Å². The standard InChI is InChI=1S/C16H21NO4S/c18-14(11-13-15-12(1-7-19-13)2-10-22-15)17-5-3-16(4-6-17)20-8-9-21-16/h2,10,13H,1,3-9,11H2. The molecule has 0 radical (unpaired) electrons. The van der Waals surface area contributed by atoms with Crippen LogP contribution in [0.15, 0.2) is 11.4 Å². The van der Waals surface area contributed by atoms with Crippen molar-refractivity contribution in [1.82, 2.24) is 4.90 Å². The molecule has 1 aromatic rings. The van der Waals surface area contributed by atoms with Gasteiger partial charge in [0.15, 0.2) is 5.79 Å². The second-order valence-electron chi connectivity index (χ2n) is 6.11. The van der Waals surface area contributed by atoms with Gasteiger partial charge in [-0.1, -0.05) is 0 Å². The zero-order valence-corrected chi connectivity index (χ0v) is 13.4. The molecule has 4 rings (SSSR count). The number of piperidine rings is 1. The molecule has 1 aromatic heterocycles. The number of carbonyl (C=O) groups excluding carboxylic acids is 1. The van der Waals surface area contributed by atoms with Gasteiger partial charge in [0.1, 0.15) is 6.10 Å². The molecule has 1 unspecified atom stereocenters. The molecule has 1 amide bonds. The summed E-state index contributed by atoms with van der Waals surface area (Å²) in [4.78, 5) is 15.7. The van der Waals surface area contributed by atoms with Crippen molar-refractivity contribution < 1.29 is 19.0 Å². The van der Waals surface area contributed by atoms with Crippen molar-refractivity contribution in [2.75, 3.05) is 32.9 Å². The summed E-state index contributed by atoms with van der Waals surface area (Å²) >= 11 is 1.70. The Morgan fingerprint density at radius 1 is 1.27 bits per heavy atom. The van der Waals surface area contributed by atoms with E-state index in [-0.39, 0.29) is 12.0 Å². The van der Waals surface area contributed by atoms with Crippen molar-refractivity contribution in [3.05, 3.63) is 21.9 Å². The number of hydrogen-bond donors (Lipinski definition) is 0. The average molecular weight is 323 g/mol. The number of rotatable bonds is 2. The van der Waals surface area contributed by atoms with Crippen LogP contribution in [0.2, 0.25) is 0 Å². The first-order chi connectivity index (χ1) is 10.8. The first kappa shape index (κ1) is 14.6. The predicted molar refractivity (Wildman–Crippen MR) is 81.8 cm³/mol. The maximum atomic E-state index is 12.6. The highest BCUT2D eigenvalue weighted by molar-refractivity contribution is 7.10. The SMILES string of the molecule is O=C(CC1OCCc2ccsc21)N1CCC2(CC1)OCCO2. The number of likely N-dealkylation sites (tertiary alicyclic amines) is 1. The van der Waals surface area contributed by atoms with Gasteiger partial charge in [0.05, 0.1) is 26.2 Å². The lowest BCUT2D eigenvalue weighted by Gasteiger charge is -2.38. The number of ether oxygens (including phenoxy) is 3. The van der Waals surface area contributed by atoms with Gasteiger partial charge in [-0.25, -0.2) is 0 Å². The van der Waals surface area contributed by atoms with Gasteiger partial charge in [-0.2, -0.15) is 0 Å². The maximum Gasteiger partial charge on any atom is 0.225 e. The van der Waals surface area contributed by atoms with Gasteiger partial charge in [0.25, 0.3) is 0 Å². The summed E-state index contributed by atoms with van der Waals surface area (Å²) in [6.45, 7) is 3.48. The third-order valence-electron chi connectivity index (χ3n) is 4.82. The lowest BCUT2D eigenvalue weighted by molar-refractivity contribution is -0.188. The monoisotopic (exact) mass is 323 g/mol. The van der Waals surface area contributed by atoms with Gasteiger partial charge >= 0.3 is 0 Å². The van der Waals surface area contributed by atoms with Crippen LogP contribution in [0.3, 0.4) is 0 Å². The van der Waals surface area contributed by atoms with Crippen LogP contribution in [0.5, 0.6) is 0 Å². The minimum atomic E-state index is -0.418. The van der Waals surface area contributed by atoms with Crippen molar-refractivity contribution >= 4 is 17.2 Å². The summed E-state index contributed by atoms with van der Waals surface area (Å²) in [5.74, 6) is -0.238. The second-order valence-corrected chi connectivity index (χ2v) is 7.06. The number of hydrogen-bond acceptors (Lipinski definition) is 5. The number of amides is 1. The van der Waals surface area contributed by atoms with E-state index in [1.807, 2.05) is 4.90 Å². The van der Waals surface area contributed by atoms with Crippen LogP contribution in [0, 0.1) is 0 Å². The molecule has 0 N–H and O–H groups in total. The first-order valence-electron chi connectivity index (χ1n) is 7.99. The molecule has 5 nitrogen and oxygen atoms in total. The Morgan fingerprint density at radius 3 is 2.82 bits per heavy atom. The third kappa shape index (κ3) is 2.69.